The predicted octanol–water partition coefficient (Wildman–Crippen LogP) is 2.70. The number of nitrogens with zero attached hydrogens (tertiary/aromatic N) is 3. The lowest BCUT2D eigenvalue weighted by atomic mass is 9.90. The maximum Gasteiger partial charge on any atom is 0.270 e. The lowest BCUT2D eigenvalue weighted by molar-refractivity contribution is 0.0943. The molecule has 0 unspecified atom stereocenters. The van der Waals surface area contributed by atoms with Gasteiger partial charge in [-0.3, -0.25) is 4.79 Å². The van der Waals surface area contributed by atoms with E-state index in [9.17, 15) is 4.79 Å². The summed E-state index contributed by atoms with van der Waals surface area (Å²) in [5.41, 5.74) is 1.82. The van der Waals surface area contributed by atoms with Crippen LogP contribution in [0.25, 0.3) is 0 Å². The summed E-state index contributed by atoms with van der Waals surface area (Å²) in [4.78, 5) is 23.3. The van der Waals surface area contributed by atoms with Gasteiger partial charge >= 0.3 is 0 Å². The largest absolute Gasteiger partial charge is 0.385 e. The van der Waals surface area contributed by atoms with Gasteiger partial charge in [-0.25, -0.2) is 9.97 Å². The number of nitrogens with one attached hydrogen (secondary N) is 1. The van der Waals surface area contributed by atoms with Crippen LogP contribution in [0.1, 0.15) is 35.3 Å². The lowest BCUT2D eigenvalue weighted by Gasteiger charge is -2.32. The maximum absolute atomic E-state index is 12.2. The maximum atomic E-state index is 12.2. The topological polar surface area (TPSA) is 67.3 Å². The molecule has 1 amide bonds. The van der Waals surface area contributed by atoms with Crippen molar-refractivity contribution < 1.29 is 9.53 Å². The molecule has 1 aromatic carbocycles. The van der Waals surface area contributed by atoms with Gasteiger partial charge in [0.05, 0.1) is 0 Å². The fourth-order valence-electron chi connectivity index (χ4n) is 3.42. The zero-order valence-electron chi connectivity index (χ0n) is 15.9. The number of amides is 1. The first-order valence-corrected chi connectivity index (χ1v) is 9.65. The van der Waals surface area contributed by atoms with E-state index >= 15 is 0 Å². The molecule has 1 N–H and O–H groups in total. The molecule has 2 aromatic rings. The van der Waals surface area contributed by atoms with Crippen LogP contribution in [-0.2, 0) is 11.2 Å². The van der Waals surface area contributed by atoms with E-state index in [2.05, 4.69) is 50.5 Å². The molecule has 0 atom stereocenters. The standard InChI is InChI=1S/C21H28N4O2/c1-27-15-5-11-22-20(26)19-8-12-23-21(24-19)25-13-9-18(10-14-25)16-17-6-3-2-4-7-17/h2-4,6-8,12,18H,5,9-11,13-16H2,1H3,(H,22,26). The number of ether oxygens (including phenoxy) is 1. The van der Waals surface area contributed by atoms with Gasteiger partial charge in [0.15, 0.2) is 0 Å². The summed E-state index contributed by atoms with van der Waals surface area (Å²) in [7, 11) is 1.65. The zero-order valence-corrected chi connectivity index (χ0v) is 15.9. The summed E-state index contributed by atoms with van der Waals surface area (Å²) in [6, 6.07) is 12.3. The summed E-state index contributed by atoms with van der Waals surface area (Å²) >= 11 is 0. The average molecular weight is 368 g/mol. The zero-order chi connectivity index (χ0) is 18.9. The molecule has 27 heavy (non-hydrogen) atoms. The first-order valence-electron chi connectivity index (χ1n) is 9.65. The Morgan fingerprint density at radius 1 is 1.22 bits per heavy atom. The highest BCUT2D eigenvalue weighted by molar-refractivity contribution is 5.92. The second-order valence-electron chi connectivity index (χ2n) is 6.96. The summed E-state index contributed by atoms with van der Waals surface area (Å²) in [6.07, 6.45) is 5.81. The van der Waals surface area contributed by atoms with Crippen LogP contribution in [0.15, 0.2) is 42.6 Å². The second kappa shape index (κ2) is 10.0. The van der Waals surface area contributed by atoms with Crippen LogP contribution in [-0.4, -0.2) is 49.2 Å². The minimum atomic E-state index is -0.159. The van der Waals surface area contributed by atoms with Gasteiger partial charge < -0.3 is 15.0 Å². The van der Waals surface area contributed by atoms with Crippen molar-refractivity contribution in [1.29, 1.82) is 0 Å². The number of aromatic nitrogens is 2. The van der Waals surface area contributed by atoms with Crippen molar-refractivity contribution in [3.63, 3.8) is 0 Å². The van der Waals surface area contributed by atoms with Gasteiger partial charge in [-0.05, 0) is 43.2 Å². The number of carbonyl (C=O) groups excluding carboxylic acids is 1. The minimum Gasteiger partial charge on any atom is -0.385 e. The monoisotopic (exact) mass is 368 g/mol. The first kappa shape index (κ1) is 19.3. The number of methoxy groups -OCH3 is 1. The van der Waals surface area contributed by atoms with E-state index in [4.69, 9.17) is 4.74 Å². The number of anilines is 1. The molecule has 0 bridgehead atoms. The fraction of sp³-hybridized carbons (Fsp3) is 0.476. The number of hydrogen-bond acceptors (Lipinski definition) is 5. The summed E-state index contributed by atoms with van der Waals surface area (Å²) in [5.74, 6) is 1.18. The molecule has 1 fully saturated rings. The van der Waals surface area contributed by atoms with Crippen LogP contribution >= 0.6 is 0 Å². The Kier molecular flexibility index (Phi) is 7.16. The molecule has 1 aliphatic heterocycles. The highest BCUT2D eigenvalue weighted by Crippen LogP contribution is 2.23. The highest BCUT2D eigenvalue weighted by atomic mass is 16.5. The molecule has 2 heterocycles. The van der Waals surface area contributed by atoms with E-state index in [-0.39, 0.29) is 5.91 Å². The summed E-state index contributed by atoms with van der Waals surface area (Å²) < 4.78 is 4.99. The van der Waals surface area contributed by atoms with E-state index < -0.39 is 0 Å². The number of rotatable bonds is 8. The molecule has 1 saturated heterocycles. The SMILES string of the molecule is COCCCNC(=O)c1ccnc(N2CCC(Cc3ccccc3)CC2)n1. The molecule has 0 saturated carbocycles. The first-order chi connectivity index (χ1) is 13.3. The third kappa shape index (κ3) is 5.76. The van der Waals surface area contributed by atoms with Crippen LogP contribution in [0.3, 0.4) is 0 Å². The molecule has 1 aromatic heterocycles. The Morgan fingerprint density at radius 3 is 2.74 bits per heavy atom. The second-order valence-corrected chi connectivity index (χ2v) is 6.96. The van der Waals surface area contributed by atoms with Crippen LogP contribution in [0, 0.1) is 5.92 Å². The van der Waals surface area contributed by atoms with Crippen LogP contribution in [0.5, 0.6) is 0 Å². The van der Waals surface area contributed by atoms with E-state index in [1.807, 2.05) is 0 Å². The van der Waals surface area contributed by atoms with Gasteiger partial charge in [-0.2, -0.15) is 0 Å². The Labute approximate surface area is 161 Å². The Balaban J connectivity index is 1.51. The highest BCUT2D eigenvalue weighted by Gasteiger charge is 2.22. The van der Waals surface area contributed by atoms with E-state index in [0.717, 1.165) is 38.8 Å². The van der Waals surface area contributed by atoms with Gasteiger partial charge in [-0.1, -0.05) is 30.3 Å². The Bertz CT molecular complexity index is 715. The molecule has 0 aliphatic carbocycles. The lowest BCUT2D eigenvalue weighted by Crippen LogP contribution is -2.36. The molecular formula is C21H28N4O2. The quantitative estimate of drug-likeness (QED) is 0.726. The van der Waals surface area contributed by atoms with Gasteiger partial charge in [0.2, 0.25) is 5.95 Å². The fourth-order valence-corrected chi connectivity index (χ4v) is 3.42. The molecule has 0 radical (unpaired) electrons. The van der Waals surface area contributed by atoms with Gasteiger partial charge in [0, 0.05) is 39.5 Å². The molecular weight excluding hydrogens is 340 g/mol. The molecule has 0 spiro atoms. The van der Waals surface area contributed by atoms with Gasteiger partial charge in [-0.15, -0.1) is 0 Å². The minimum absolute atomic E-state index is 0.159. The Morgan fingerprint density at radius 2 is 2.00 bits per heavy atom. The van der Waals surface area contributed by atoms with Crippen molar-refractivity contribution in [2.45, 2.75) is 25.7 Å². The van der Waals surface area contributed by atoms with E-state index in [0.29, 0.717) is 30.7 Å². The average Bonchev–Trinajstić information content (AvgIpc) is 2.72. The van der Waals surface area contributed by atoms with Crippen molar-refractivity contribution in [2.75, 3.05) is 38.3 Å². The van der Waals surface area contributed by atoms with Crippen LogP contribution < -0.4 is 10.2 Å². The molecule has 6 heteroatoms. The normalized spacial score (nSPS) is 14.9. The molecule has 6 nitrogen and oxygen atoms in total. The number of piperidine rings is 1. The van der Waals surface area contributed by atoms with Crippen molar-refractivity contribution in [2.24, 2.45) is 5.92 Å². The number of carbonyl (C=O) groups is 1. The predicted molar refractivity (Wildman–Crippen MR) is 106 cm³/mol. The number of hydrogen-bond donors (Lipinski definition) is 1. The van der Waals surface area contributed by atoms with Crippen molar-refractivity contribution in [3.8, 4) is 0 Å². The van der Waals surface area contributed by atoms with Gasteiger partial charge in [0.1, 0.15) is 5.69 Å². The Hall–Kier alpha value is -2.47. The molecule has 3 rings (SSSR count). The van der Waals surface area contributed by atoms with Crippen molar-refractivity contribution in [3.05, 3.63) is 53.9 Å². The smallest absolute Gasteiger partial charge is 0.270 e. The van der Waals surface area contributed by atoms with Crippen molar-refractivity contribution >= 4 is 11.9 Å². The summed E-state index contributed by atoms with van der Waals surface area (Å²) in [5, 5.41) is 2.87. The number of benzene rings is 1. The van der Waals surface area contributed by atoms with Crippen LogP contribution in [0.2, 0.25) is 0 Å². The third-order valence-electron chi connectivity index (χ3n) is 4.95. The van der Waals surface area contributed by atoms with Crippen molar-refractivity contribution in [1.82, 2.24) is 15.3 Å². The summed E-state index contributed by atoms with van der Waals surface area (Å²) in [6.45, 7) is 3.07. The molecule has 1 aliphatic rings. The van der Waals surface area contributed by atoms with E-state index in [1.54, 1.807) is 19.4 Å². The van der Waals surface area contributed by atoms with Gasteiger partial charge in [0.25, 0.3) is 5.91 Å². The third-order valence-corrected chi connectivity index (χ3v) is 4.95. The van der Waals surface area contributed by atoms with E-state index in [1.165, 1.54) is 5.56 Å². The van der Waals surface area contributed by atoms with Crippen LogP contribution in [0.4, 0.5) is 5.95 Å². The molecule has 144 valence electrons.